The molecule has 0 aliphatic carbocycles. The summed E-state index contributed by atoms with van der Waals surface area (Å²) in [6, 6.07) is 11.1. The Hall–Kier alpha value is -2.43. The van der Waals surface area contributed by atoms with Crippen molar-refractivity contribution in [2.45, 2.75) is 20.0 Å². The zero-order valence-electron chi connectivity index (χ0n) is 12.4. The third kappa shape index (κ3) is 4.87. The summed E-state index contributed by atoms with van der Waals surface area (Å²) in [6.07, 6.45) is 1.84. The molecule has 0 atom stereocenters. The van der Waals surface area contributed by atoms with Crippen molar-refractivity contribution in [3.05, 3.63) is 42.6 Å². The van der Waals surface area contributed by atoms with E-state index in [9.17, 15) is 0 Å². The summed E-state index contributed by atoms with van der Waals surface area (Å²) in [5, 5.41) is 3.21. The molecule has 0 saturated carbocycles. The molecule has 1 aromatic heterocycles. The minimum atomic E-state index is 0.112. The Bertz CT molecular complexity index is 556. The SMILES string of the molecule is CC(C)Oc1cccnc1NCCOc1ccc(N)cc1. The second-order valence-corrected chi connectivity index (χ2v) is 4.86. The Morgan fingerprint density at radius 1 is 1.19 bits per heavy atom. The van der Waals surface area contributed by atoms with E-state index >= 15 is 0 Å². The van der Waals surface area contributed by atoms with Crippen molar-refractivity contribution in [2.75, 3.05) is 24.2 Å². The summed E-state index contributed by atoms with van der Waals surface area (Å²) in [7, 11) is 0. The van der Waals surface area contributed by atoms with E-state index in [2.05, 4.69) is 10.3 Å². The second-order valence-electron chi connectivity index (χ2n) is 4.86. The molecular weight excluding hydrogens is 266 g/mol. The van der Waals surface area contributed by atoms with E-state index in [4.69, 9.17) is 15.2 Å². The minimum Gasteiger partial charge on any atom is -0.492 e. The van der Waals surface area contributed by atoms with Gasteiger partial charge in [-0.05, 0) is 50.2 Å². The first-order valence-corrected chi connectivity index (χ1v) is 6.99. The molecule has 0 saturated heterocycles. The average molecular weight is 287 g/mol. The fraction of sp³-hybridized carbons (Fsp3) is 0.312. The standard InChI is InChI=1S/C16H21N3O2/c1-12(2)21-15-4-3-9-18-16(15)19-10-11-20-14-7-5-13(17)6-8-14/h3-9,12H,10-11,17H2,1-2H3,(H,18,19). The third-order valence-corrected chi connectivity index (χ3v) is 2.68. The van der Waals surface area contributed by atoms with Crippen LogP contribution in [0.4, 0.5) is 11.5 Å². The lowest BCUT2D eigenvalue weighted by atomic mass is 10.3. The third-order valence-electron chi connectivity index (χ3n) is 2.68. The van der Waals surface area contributed by atoms with Crippen LogP contribution in [0, 0.1) is 0 Å². The number of nitrogens with one attached hydrogen (secondary N) is 1. The van der Waals surface area contributed by atoms with E-state index in [1.54, 1.807) is 6.20 Å². The molecule has 0 unspecified atom stereocenters. The Balaban J connectivity index is 1.82. The highest BCUT2D eigenvalue weighted by molar-refractivity contribution is 5.49. The first-order chi connectivity index (χ1) is 10.1. The Morgan fingerprint density at radius 2 is 1.95 bits per heavy atom. The van der Waals surface area contributed by atoms with Crippen LogP contribution in [-0.2, 0) is 0 Å². The van der Waals surface area contributed by atoms with Gasteiger partial charge in [-0.2, -0.15) is 0 Å². The van der Waals surface area contributed by atoms with Crippen molar-refractivity contribution >= 4 is 11.5 Å². The molecule has 0 amide bonds. The molecule has 3 N–H and O–H groups in total. The highest BCUT2D eigenvalue weighted by Gasteiger charge is 2.05. The molecular formula is C16H21N3O2. The molecule has 2 aromatic rings. The molecule has 0 spiro atoms. The fourth-order valence-corrected chi connectivity index (χ4v) is 1.77. The number of ether oxygens (including phenoxy) is 2. The van der Waals surface area contributed by atoms with Gasteiger partial charge in [-0.3, -0.25) is 0 Å². The van der Waals surface area contributed by atoms with Crippen LogP contribution in [0.2, 0.25) is 0 Å². The highest BCUT2D eigenvalue weighted by Crippen LogP contribution is 2.21. The van der Waals surface area contributed by atoms with Gasteiger partial charge in [-0.25, -0.2) is 4.98 Å². The topological polar surface area (TPSA) is 69.4 Å². The molecule has 112 valence electrons. The molecule has 2 rings (SSSR count). The van der Waals surface area contributed by atoms with Crippen molar-refractivity contribution in [2.24, 2.45) is 0 Å². The molecule has 21 heavy (non-hydrogen) atoms. The van der Waals surface area contributed by atoms with E-state index in [-0.39, 0.29) is 6.10 Å². The zero-order valence-corrected chi connectivity index (χ0v) is 12.4. The lowest BCUT2D eigenvalue weighted by Crippen LogP contribution is -2.14. The second kappa shape index (κ2) is 7.38. The number of nitrogens with two attached hydrogens (primary N) is 1. The number of nitrogens with zero attached hydrogens (tertiary/aromatic N) is 1. The van der Waals surface area contributed by atoms with E-state index < -0.39 is 0 Å². The van der Waals surface area contributed by atoms with Gasteiger partial charge in [0, 0.05) is 11.9 Å². The predicted octanol–water partition coefficient (Wildman–Crippen LogP) is 2.94. The maximum Gasteiger partial charge on any atom is 0.168 e. The van der Waals surface area contributed by atoms with Crippen LogP contribution in [-0.4, -0.2) is 24.2 Å². The van der Waals surface area contributed by atoms with Gasteiger partial charge in [0.1, 0.15) is 12.4 Å². The summed E-state index contributed by atoms with van der Waals surface area (Å²) in [4.78, 5) is 4.28. The van der Waals surface area contributed by atoms with Crippen molar-refractivity contribution < 1.29 is 9.47 Å². The first kappa shape index (κ1) is 15.0. The molecule has 5 heteroatoms. The van der Waals surface area contributed by atoms with Gasteiger partial charge in [0.25, 0.3) is 0 Å². The summed E-state index contributed by atoms with van der Waals surface area (Å²) in [6.45, 7) is 5.14. The lowest BCUT2D eigenvalue weighted by Gasteiger charge is -2.14. The first-order valence-electron chi connectivity index (χ1n) is 6.99. The summed E-state index contributed by atoms with van der Waals surface area (Å²) >= 11 is 0. The fourth-order valence-electron chi connectivity index (χ4n) is 1.77. The van der Waals surface area contributed by atoms with Crippen LogP contribution in [0.5, 0.6) is 11.5 Å². The van der Waals surface area contributed by atoms with Gasteiger partial charge in [0.05, 0.1) is 12.6 Å². The number of benzene rings is 1. The van der Waals surface area contributed by atoms with E-state index in [0.717, 1.165) is 23.0 Å². The smallest absolute Gasteiger partial charge is 0.168 e. The van der Waals surface area contributed by atoms with Gasteiger partial charge in [0.15, 0.2) is 11.6 Å². The quantitative estimate of drug-likeness (QED) is 0.605. The zero-order chi connectivity index (χ0) is 15.1. The highest BCUT2D eigenvalue weighted by atomic mass is 16.5. The largest absolute Gasteiger partial charge is 0.492 e. The number of aromatic nitrogens is 1. The molecule has 0 radical (unpaired) electrons. The van der Waals surface area contributed by atoms with Crippen molar-refractivity contribution in [1.29, 1.82) is 0 Å². The van der Waals surface area contributed by atoms with E-state index in [0.29, 0.717) is 13.2 Å². The number of nitrogen functional groups attached to an aromatic ring is 1. The number of hydrogen-bond acceptors (Lipinski definition) is 5. The number of rotatable bonds is 7. The van der Waals surface area contributed by atoms with E-state index in [1.807, 2.05) is 50.2 Å². The van der Waals surface area contributed by atoms with Crippen molar-refractivity contribution in [3.63, 3.8) is 0 Å². The average Bonchev–Trinajstić information content (AvgIpc) is 2.46. The van der Waals surface area contributed by atoms with Crippen LogP contribution >= 0.6 is 0 Å². The summed E-state index contributed by atoms with van der Waals surface area (Å²) in [5.41, 5.74) is 6.35. The van der Waals surface area contributed by atoms with Gasteiger partial charge < -0.3 is 20.5 Å². The van der Waals surface area contributed by atoms with Crippen LogP contribution in [0.1, 0.15) is 13.8 Å². The number of pyridine rings is 1. The Morgan fingerprint density at radius 3 is 2.67 bits per heavy atom. The molecule has 0 aliphatic heterocycles. The molecule has 0 bridgehead atoms. The van der Waals surface area contributed by atoms with Crippen LogP contribution < -0.4 is 20.5 Å². The molecule has 1 heterocycles. The maximum absolute atomic E-state index is 5.69. The van der Waals surface area contributed by atoms with Gasteiger partial charge in [0.2, 0.25) is 0 Å². The minimum absolute atomic E-state index is 0.112. The van der Waals surface area contributed by atoms with Gasteiger partial charge >= 0.3 is 0 Å². The Kier molecular flexibility index (Phi) is 5.26. The molecule has 5 nitrogen and oxygen atoms in total. The Labute approximate surface area is 125 Å². The maximum atomic E-state index is 5.69. The number of hydrogen-bond donors (Lipinski definition) is 2. The predicted molar refractivity (Wildman–Crippen MR) is 84.8 cm³/mol. The van der Waals surface area contributed by atoms with Crippen LogP contribution in [0.3, 0.4) is 0 Å². The monoisotopic (exact) mass is 287 g/mol. The van der Waals surface area contributed by atoms with E-state index in [1.165, 1.54) is 0 Å². The van der Waals surface area contributed by atoms with Gasteiger partial charge in [-0.15, -0.1) is 0 Å². The van der Waals surface area contributed by atoms with Crippen molar-refractivity contribution in [1.82, 2.24) is 4.98 Å². The van der Waals surface area contributed by atoms with Gasteiger partial charge in [-0.1, -0.05) is 0 Å². The molecule has 0 aliphatic rings. The molecule has 0 fully saturated rings. The summed E-state index contributed by atoms with van der Waals surface area (Å²) in [5.74, 6) is 2.28. The summed E-state index contributed by atoms with van der Waals surface area (Å²) < 4.78 is 11.3. The van der Waals surface area contributed by atoms with Crippen molar-refractivity contribution in [3.8, 4) is 11.5 Å². The number of anilines is 2. The molecule has 1 aromatic carbocycles. The normalized spacial score (nSPS) is 10.4. The van der Waals surface area contributed by atoms with Crippen LogP contribution in [0.15, 0.2) is 42.6 Å². The lowest BCUT2D eigenvalue weighted by molar-refractivity contribution is 0.242. The van der Waals surface area contributed by atoms with Crippen LogP contribution in [0.25, 0.3) is 0 Å².